The van der Waals surface area contributed by atoms with Gasteiger partial charge in [0.25, 0.3) is 0 Å². The maximum absolute atomic E-state index is 3.37. The van der Waals surface area contributed by atoms with Crippen LogP contribution < -0.4 is 5.32 Å². The predicted molar refractivity (Wildman–Crippen MR) is 77.7 cm³/mol. The lowest BCUT2D eigenvalue weighted by Crippen LogP contribution is -2.42. The normalized spacial score (nSPS) is 25.2. The molecule has 2 unspecified atom stereocenters. The van der Waals surface area contributed by atoms with Gasteiger partial charge in [-0.2, -0.15) is 0 Å². The van der Waals surface area contributed by atoms with Crippen LogP contribution in [0.1, 0.15) is 37.8 Å². The highest BCUT2D eigenvalue weighted by molar-refractivity contribution is 5.20. The van der Waals surface area contributed by atoms with E-state index in [4.69, 9.17) is 0 Å². The van der Waals surface area contributed by atoms with E-state index in [1.165, 1.54) is 37.9 Å². The monoisotopic (exact) mass is 246 g/mol. The summed E-state index contributed by atoms with van der Waals surface area (Å²) in [7, 11) is 2.07. The van der Waals surface area contributed by atoms with Gasteiger partial charge in [-0.05, 0) is 57.4 Å². The molecule has 0 spiro atoms. The van der Waals surface area contributed by atoms with Gasteiger partial charge in [-0.15, -0.1) is 0 Å². The van der Waals surface area contributed by atoms with Crippen molar-refractivity contribution in [3.05, 3.63) is 35.9 Å². The molecule has 0 radical (unpaired) electrons. The number of benzene rings is 1. The zero-order chi connectivity index (χ0) is 12.8. The van der Waals surface area contributed by atoms with Crippen molar-refractivity contribution >= 4 is 0 Å². The number of hydrogen-bond donors (Lipinski definition) is 1. The second kappa shape index (κ2) is 6.91. The Morgan fingerprint density at radius 3 is 2.72 bits per heavy atom. The topological polar surface area (TPSA) is 15.3 Å². The number of hydrogen-bond acceptors (Lipinski definition) is 2. The molecule has 1 heterocycles. The first kappa shape index (κ1) is 13.6. The molecule has 2 nitrogen and oxygen atoms in total. The molecule has 0 aromatic heterocycles. The van der Waals surface area contributed by atoms with E-state index >= 15 is 0 Å². The third-order valence-corrected chi connectivity index (χ3v) is 3.98. The minimum Gasteiger partial charge on any atom is -0.319 e. The van der Waals surface area contributed by atoms with Crippen molar-refractivity contribution < 1.29 is 0 Å². The van der Waals surface area contributed by atoms with E-state index in [0.717, 1.165) is 12.5 Å². The van der Waals surface area contributed by atoms with Crippen molar-refractivity contribution in [3.63, 3.8) is 0 Å². The summed E-state index contributed by atoms with van der Waals surface area (Å²) in [6.45, 7) is 5.89. The van der Waals surface area contributed by atoms with Crippen molar-refractivity contribution in [2.75, 3.05) is 26.7 Å². The van der Waals surface area contributed by atoms with Crippen LogP contribution in [0.4, 0.5) is 0 Å². The molecule has 0 bridgehead atoms. The lowest BCUT2D eigenvalue weighted by atomic mass is 9.84. The summed E-state index contributed by atoms with van der Waals surface area (Å²) >= 11 is 0. The predicted octanol–water partition coefficient (Wildman–Crippen LogP) is 3.07. The van der Waals surface area contributed by atoms with Crippen molar-refractivity contribution in [3.8, 4) is 0 Å². The molecule has 0 saturated carbocycles. The Kier molecular flexibility index (Phi) is 5.21. The van der Waals surface area contributed by atoms with Crippen LogP contribution in [-0.4, -0.2) is 31.6 Å². The van der Waals surface area contributed by atoms with Crippen molar-refractivity contribution in [1.82, 2.24) is 10.2 Å². The SMILES string of the molecule is CCCN1CCCC(CNC)C1c1ccccc1. The zero-order valence-electron chi connectivity index (χ0n) is 11.7. The minimum absolute atomic E-state index is 0.604. The summed E-state index contributed by atoms with van der Waals surface area (Å²) in [4.78, 5) is 2.68. The fourth-order valence-electron chi connectivity index (χ4n) is 3.30. The van der Waals surface area contributed by atoms with Gasteiger partial charge in [0.05, 0.1) is 0 Å². The number of piperidine rings is 1. The van der Waals surface area contributed by atoms with Gasteiger partial charge in [0.2, 0.25) is 0 Å². The maximum atomic E-state index is 3.37. The summed E-state index contributed by atoms with van der Waals surface area (Å²) < 4.78 is 0. The third-order valence-electron chi connectivity index (χ3n) is 3.98. The average molecular weight is 246 g/mol. The van der Waals surface area contributed by atoms with E-state index < -0.39 is 0 Å². The summed E-state index contributed by atoms with van der Waals surface area (Å²) in [5, 5.41) is 3.37. The molecule has 0 aliphatic carbocycles. The first-order valence-corrected chi connectivity index (χ1v) is 7.30. The molecular weight excluding hydrogens is 220 g/mol. The van der Waals surface area contributed by atoms with Crippen LogP contribution in [-0.2, 0) is 0 Å². The average Bonchev–Trinajstić information content (AvgIpc) is 2.41. The largest absolute Gasteiger partial charge is 0.319 e. The number of rotatable bonds is 5. The van der Waals surface area contributed by atoms with E-state index in [9.17, 15) is 0 Å². The van der Waals surface area contributed by atoms with Gasteiger partial charge >= 0.3 is 0 Å². The molecule has 2 heteroatoms. The fraction of sp³-hybridized carbons (Fsp3) is 0.625. The Morgan fingerprint density at radius 1 is 1.28 bits per heavy atom. The van der Waals surface area contributed by atoms with Gasteiger partial charge < -0.3 is 5.32 Å². The Hall–Kier alpha value is -0.860. The lowest BCUT2D eigenvalue weighted by molar-refractivity contribution is 0.0924. The van der Waals surface area contributed by atoms with E-state index in [1.54, 1.807) is 0 Å². The standard InChI is InChI=1S/C16H26N2/c1-3-11-18-12-7-10-15(13-17-2)16(18)14-8-5-4-6-9-14/h4-6,8-9,15-17H,3,7,10-13H2,1-2H3. The molecule has 18 heavy (non-hydrogen) atoms. The van der Waals surface area contributed by atoms with Crippen LogP contribution in [0, 0.1) is 5.92 Å². The summed E-state index contributed by atoms with van der Waals surface area (Å²) in [5.74, 6) is 0.748. The van der Waals surface area contributed by atoms with Gasteiger partial charge in [-0.3, -0.25) is 4.90 Å². The highest BCUT2D eigenvalue weighted by Crippen LogP contribution is 2.35. The van der Waals surface area contributed by atoms with Gasteiger partial charge in [-0.1, -0.05) is 37.3 Å². The van der Waals surface area contributed by atoms with Crippen LogP contribution in [0.5, 0.6) is 0 Å². The van der Waals surface area contributed by atoms with Crippen LogP contribution in [0.3, 0.4) is 0 Å². The van der Waals surface area contributed by atoms with Crippen LogP contribution in [0.25, 0.3) is 0 Å². The van der Waals surface area contributed by atoms with Gasteiger partial charge in [0, 0.05) is 6.04 Å². The van der Waals surface area contributed by atoms with Crippen molar-refractivity contribution in [1.29, 1.82) is 0 Å². The quantitative estimate of drug-likeness (QED) is 0.859. The molecule has 2 rings (SSSR count). The second-order valence-corrected chi connectivity index (χ2v) is 5.35. The first-order chi connectivity index (χ1) is 8.86. The van der Waals surface area contributed by atoms with Crippen LogP contribution in [0.2, 0.25) is 0 Å². The van der Waals surface area contributed by atoms with Gasteiger partial charge in [0.1, 0.15) is 0 Å². The Bertz CT molecular complexity index is 318. The Balaban J connectivity index is 2.20. The molecule has 1 aliphatic heterocycles. The molecule has 1 fully saturated rings. The molecule has 2 atom stereocenters. The first-order valence-electron chi connectivity index (χ1n) is 7.30. The molecule has 1 saturated heterocycles. The third kappa shape index (κ3) is 3.12. The van der Waals surface area contributed by atoms with Gasteiger partial charge in [0.15, 0.2) is 0 Å². The summed E-state index contributed by atoms with van der Waals surface area (Å²) in [6, 6.07) is 11.6. The Morgan fingerprint density at radius 2 is 2.06 bits per heavy atom. The van der Waals surface area contributed by atoms with Crippen LogP contribution >= 0.6 is 0 Å². The summed E-state index contributed by atoms with van der Waals surface area (Å²) in [6.07, 6.45) is 3.94. The van der Waals surface area contributed by atoms with Crippen molar-refractivity contribution in [2.45, 2.75) is 32.2 Å². The molecule has 0 amide bonds. The highest BCUT2D eigenvalue weighted by Gasteiger charge is 2.31. The van der Waals surface area contributed by atoms with E-state index in [-0.39, 0.29) is 0 Å². The second-order valence-electron chi connectivity index (χ2n) is 5.35. The Labute approximate surface area is 111 Å². The smallest absolute Gasteiger partial charge is 0.0388 e. The zero-order valence-corrected chi connectivity index (χ0v) is 11.7. The molecular formula is C16H26N2. The molecule has 1 aliphatic rings. The molecule has 1 aromatic rings. The maximum Gasteiger partial charge on any atom is 0.0388 e. The van der Waals surface area contributed by atoms with E-state index in [0.29, 0.717) is 6.04 Å². The number of nitrogens with one attached hydrogen (secondary N) is 1. The van der Waals surface area contributed by atoms with E-state index in [1.807, 2.05) is 0 Å². The molecule has 100 valence electrons. The number of nitrogens with zero attached hydrogens (tertiary/aromatic N) is 1. The summed E-state index contributed by atoms with van der Waals surface area (Å²) in [5.41, 5.74) is 1.49. The van der Waals surface area contributed by atoms with Crippen molar-refractivity contribution in [2.24, 2.45) is 5.92 Å². The lowest BCUT2D eigenvalue weighted by Gasteiger charge is -2.41. The van der Waals surface area contributed by atoms with Gasteiger partial charge in [-0.25, -0.2) is 0 Å². The number of likely N-dealkylation sites (tertiary alicyclic amines) is 1. The molecule has 1 aromatic carbocycles. The molecule has 1 N–H and O–H groups in total. The van der Waals surface area contributed by atoms with Crippen LogP contribution in [0.15, 0.2) is 30.3 Å². The fourth-order valence-corrected chi connectivity index (χ4v) is 3.30. The van der Waals surface area contributed by atoms with E-state index in [2.05, 4.69) is 54.5 Å². The minimum atomic E-state index is 0.604. The highest BCUT2D eigenvalue weighted by atomic mass is 15.2.